The lowest BCUT2D eigenvalue weighted by atomic mass is 10.2. The fourth-order valence-corrected chi connectivity index (χ4v) is 4.38. The summed E-state index contributed by atoms with van der Waals surface area (Å²) >= 11 is 1.42. The van der Waals surface area contributed by atoms with Crippen molar-refractivity contribution in [2.24, 2.45) is 7.05 Å². The largest absolute Gasteiger partial charge is 0.291 e. The maximum absolute atomic E-state index is 13.0. The Morgan fingerprint density at radius 2 is 2.00 bits per heavy atom. The van der Waals surface area contributed by atoms with E-state index in [2.05, 4.69) is 25.6 Å². The van der Waals surface area contributed by atoms with Gasteiger partial charge in [-0.2, -0.15) is 10.1 Å². The highest BCUT2D eigenvalue weighted by Gasteiger charge is 2.28. The molecule has 0 saturated heterocycles. The van der Waals surface area contributed by atoms with Crippen LogP contribution in [0, 0.1) is 6.92 Å². The van der Waals surface area contributed by atoms with Crippen molar-refractivity contribution in [2.75, 3.05) is 22.4 Å². The molecular weight excluding hydrogens is 414 g/mol. The van der Waals surface area contributed by atoms with E-state index in [9.17, 15) is 13.2 Å². The molecule has 2 N–H and O–H groups in total. The molecule has 0 spiro atoms. The van der Waals surface area contributed by atoms with Crippen molar-refractivity contribution >= 4 is 39.5 Å². The van der Waals surface area contributed by atoms with E-state index in [0.717, 1.165) is 15.6 Å². The fourth-order valence-electron chi connectivity index (χ4n) is 2.62. The SMILES string of the molecule is CCSc1n[nH]c(NC(=O)c2cnn(C)c2N(C)S(=O)(=O)c2ccc(C)cc2)n1. The van der Waals surface area contributed by atoms with Gasteiger partial charge in [0.2, 0.25) is 11.1 Å². The number of carbonyl (C=O) groups is 1. The average molecular weight is 436 g/mol. The van der Waals surface area contributed by atoms with Gasteiger partial charge in [0.05, 0.1) is 11.1 Å². The molecular formula is C17H21N7O3S2. The van der Waals surface area contributed by atoms with Crippen molar-refractivity contribution < 1.29 is 13.2 Å². The molecule has 3 aromatic rings. The van der Waals surface area contributed by atoms with Gasteiger partial charge in [-0.05, 0) is 24.8 Å². The number of aryl methyl sites for hydroxylation is 2. The van der Waals surface area contributed by atoms with Crippen LogP contribution < -0.4 is 9.62 Å². The molecule has 29 heavy (non-hydrogen) atoms. The number of nitrogens with zero attached hydrogens (tertiary/aromatic N) is 5. The molecule has 0 saturated carbocycles. The van der Waals surface area contributed by atoms with Gasteiger partial charge in [0.25, 0.3) is 15.9 Å². The third-order valence-electron chi connectivity index (χ3n) is 4.10. The lowest BCUT2D eigenvalue weighted by Gasteiger charge is -2.20. The van der Waals surface area contributed by atoms with Gasteiger partial charge in [-0.1, -0.05) is 36.4 Å². The second-order valence-electron chi connectivity index (χ2n) is 6.14. The monoisotopic (exact) mass is 435 g/mol. The Morgan fingerprint density at radius 3 is 2.66 bits per heavy atom. The van der Waals surface area contributed by atoms with Crippen molar-refractivity contribution in [2.45, 2.75) is 23.9 Å². The highest BCUT2D eigenvalue weighted by molar-refractivity contribution is 7.99. The third kappa shape index (κ3) is 4.27. The van der Waals surface area contributed by atoms with Crippen LogP contribution in [0.5, 0.6) is 0 Å². The summed E-state index contributed by atoms with van der Waals surface area (Å²) in [7, 11) is -0.930. The van der Waals surface area contributed by atoms with Crippen LogP contribution in [0.15, 0.2) is 40.5 Å². The fraction of sp³-hybridized carbons (Fsp3) is 0.294. The Hall–Kier alpha value is -2.86. The zero-order valence-corrected chi connectivity index (χ0v) is 18.0. The minimum Gasteiger partial charge on any atom is -0.291 e. The van der Waals surface area contributed by atoms with Crippen molar-refractivity contribution in [3.8, 4) is 0 Å². The molecule has 0 fully saturated rings. The molecule has 1 aromatic carbocycles. The molecule has 0 aliphatic carbocycles. The summed E-state index contributed by atoms with van der Waals surface area (Å²) in [4.78, 5) is 17.0. The molecule has 2 aromatic heterocycles. The van der Waals surface area contributed by atoms with Gasteiger partial charge in [0, 0.05) is 14.1 Å². The maximum atomic E-state index is 13.0. The van der Waals surface area contributed by atoms with Crippen LogP contribution in [0.2, 0.25) is 0 Å². The van der Waals surface area contributed by atoms with Gasteiger partial charge in [-0.3, -0.25) is 19.1 Å². The molecule has 12 heteroatoms. The Balaban J connectivity index is 1.89. The second-order valence-corrected chi connectivity index (χ2v) is 9.35. The number of H-pyrrole nitrogens is 1. The van der Waals surface area contributed by atoms with Crippen LogP contribution in [0.3, 0.4) is 0 Å². The summed E-state index contributed by atoms with van der Waals surface area (Å²) in [5.74, 6) is 0.540. The first-order chi connectivity index (χ1) is 13.7. The number of aromatic nitrogens is 5. The van der Waals surface area contributed by atoms with Crippen LogP contribution in [-0.4, -0.2) is 52.1 Å². The normalized spacial score (nSPS) is 11.4. The molecule has 0 unspecified atom stereocenters. The summed E-state index contributed by atoms with van der Waals surface area (Å²) in [6.45, 7) is 3.84. The number of carbonyl (C=O) groups excluding carboxylic acids is 1. The first kappa shape index (κ1) is 20.9. The molecule has 0 aliphatic rings. The van der Waals surface area contributed by atoms with Gasteiger partial charge >= 0.3 is 0 Å². The Labute approximate surface area is 172 Å². The van der Waals surface area contributed by atoms with Gasteiger partial charge in [-0.15, -0.1) is 5.10 Å². The Kier molecular flexibility index (Phi) is 5.94. The number of rotatable bonds is 7. The first-order valence-corrected chi connectivity index (χ1v) is 11.1. The highest BCUT2D eigenvalue weighted by Crippen LogP contribution is 2.26. The predicted octanol–water partition coefficient (Wildman–Crippen LogP) is 2.04. The molecule has 0 aliphatic heterocycles. The Morgan fingerprint density at radius 1 is 1.31 bits per heavy atom. The lowest BCUT2D eigenvalue weighted by Crippen LogP contribution is -2.30. The van der Waals surface area contributed by atoms with Crippen molar-refractivity contribution in [3.63, 3.8) is 0 Å². The zero-order valence-electron chi connectivity index (χ0n) is 16.4. The summed E-state index contributed by atoms with van der Waals surface area (Å²) in [6, 6.07) is 6.48. The number of hydrogen-bond acceptors (Lipinski definition) is 7. The minimum absolute atomic E-state index is 0.0896. The average Bonchev–Trinajstić information content (AvgIpc) is 3.28. The van der Waals surface area contributed by atoms with Crippen molar-refractivity contribution in [1.29, 1.82) is 0 Å². The van der Waals surface area contributed by atoms with E-state index in [4.69, 9.17) is 0 Å². The van der Waals surface area contributed by atoms with Gasteiger partial charge in [-0.25, -0.2) is 13.5 Å². The molecule has 0 atom stereocenters. The Bertz CT molecular complexity index is 1120. The maximum Gasteiger partial charge on any atom is 0.265 e. The van der Waals surface area contributed by atoms with Gasteiger partial charge < -0.3 is 0 Å². The van der Waals surface area contributed by atoms with E-state index in [0.29, 0.717) is 5.16 Å². The summed E-state index contributed by atoms with van der Waals surface area (Å²) in [6.07, 6.45) is 1.31. The smallest absolute Gasteiger partial charge is 0.265 e. The van der Waals surface area contributed by atoms with E-state index >= 15 is 0 Å². The number of sulfonamides is 1. The number of hydrogen-bond donors (Lipinski definition) is 2. The number of thioether (sulfide) groups is 1. The van der Waals surface area contributed by atoms with E-state index in [1.807, 2.05) is 13.8 Å². The summed E-state index contributed by atoms with van der Waals surface area (Å²) in [5, 5.41) is 13.8. The predicted molar refractivity (Wildman–Crippen MR) is 111 cm³/mol. The number of nitrogens with one attached hydrogen (secondary N) is 2. The molecule has 3 rings (SSSR count). The standard InChI is InChI=1S/C17H21N7O3S2/c1-5-28-17-20-16(21-22-17)19-14(25)13-10-18-23(3)15(13)24(4)29(26,27)12-8-6-11(2)7-9-12/h6-10H,5H2,1-4H3,(H2,19,20,21,22,25). The lowest BCUT2D eigenvalue weighted by molar-refractivity contribution is 0.102. The minimum atomic E-state index is -3.88. The number of benzene rings is 1. The zero-order chi connectivity index (χ0) is 21.2. The molecule has 0 bridgehead atoms. The molecule has 154 valence electrons. The topological polar surface area (TPSA) is 126 Å². The van der Waals surface area contributed by atoms with Crippen molar-refractivity contribution in [3.05, 3.63) is 41.6 Å². The van der Waals surface area contributed by atoms with Gasteiger partial charge in [0.1, 0.15) is 5.56 Å². The third-order valence-corrected chi connectivity index (χ3v) is 6.59. The summed E-state index contributed by atoms with van der Waals surface area (Å²) in [5.41, 5.74) is 1.03. The van der Waals surface area contributed by atoms with Gasteiger partial charge in [0.15, 0.2) is 5.82 Å². The van der Waals surface area contributed by atoms with Crippen molar-refractivity contribution in [1.82, 2.24) is 25.0 Å². The molecule has 10 nitrogen and oxygen atoms in total. The number of amides is 1. The van der Waals surface area contributed by atoms with Crippen LogP contribution in [0.4, 0.5) is 11.8 Å². The number of aromatic amines is 1. The summed E-state index contributed by atoms with van der Waals surface area (Å²) < 4.78 is 28.4. The second kappa shape index (κ2) is 8.25. The van der Waals surface area contributed by atoms with E-state index in [1.54, 1.807) is 19.2 Å². The van der Waals surface area contributed by atoms with E-state index in [1.165, 1.54) is 41.8 Å². The molecule has 2 heterocycles. The number of anilines is 2. The van der Waals surface area contributed by atoms with E-state index < -0.39 is 15.9 Å². The molecule has 0 radical (unpaired) electrons. The highest BCUT2D eigenvalue weighted by atomic mass is 32.2. The first-order valence-electron chi connectivity index (χ1n) is 8.68. The van der Waals surface area contributed by atoms with Crippen LogP contribution in [-0.2, 0) is 17.1 Å². The quantitative estimate of drug-likeness (QED) is 0.544. The molecule has 1 amide bonds. The van der Waals surface area contributed by atoms with E-state index in [-0.39, 0.29) is 22.2 Å². The van der Waals surface area contributed by atoms with Crippen LogP contribution in [0.25, 0.3) is 0 Å². The van der Waals surface area contributed by atoms with Crippen LogP contribution >= 0.6 is 11.8 Å². The van der Waals surface area contributed by atoms with Crippen LogP contribution in [0.1, 0.15) is 22.8 Å².